The van der Waals surface area contributed by atoms with Gasteiger partial charge in [-0.3, -0.25) is 9.59 Å². The molecule has 0 aliphatic carbocycles. The van der Waals surface area contributed by atoms with Crippen LogP contribution in [0, 0.1) is 0 Å². The highest BCUT2D eigenvalue weighted by atomic mass is 32.2. The molecule has 2 aromatic rings. The molecule has 0 saturated heterocycles. The van der Waals surface area contributed by atoms with E-state index in [9.17, 15) is 18.0 Å². The molecule has 10 heteroatoms. The number of rotatable bonds is 7. The third-order valence-corrected chi connectivity index (χ3v) is 5.86. The van der Waals surface area contributed by atoms with Crippen LogP contribution in [0.25, 0.3) is 0 Å². The largest absolute Gasteiger partial charge is 0.343 e. The van der Waals surface area contributed by atoms with Crippen molar-refractivity contribution >= 4 is 39.4 Å². The molecule has 26 heavy (non-hydrogen) atoms. The van der Waals surface area contributed by atoms with E-state index < -0.39 is 21.8 Å². The van der Waals surface area contributed by atoms with E-state index in [1.165, 1.54) is 55.9 Å². The Bertz CT molecular complexity index is 889. The van der Waals surface area contributed by atoms with Gasteiger partial charge in [-0.2, -0.15) is 5.10 Å². The summed E-state index contributed by atoms with van der Waals surface area (Å²) in [5.74, 6) is -0.964. The van der Waals surface area contributed by atoms with Crippen LogP contribution >= 0.6 is 11.3 Å². The second kappa shape index (κ2) is 8.70. The summed E-state index contributed by atoms with van der Waals surface area (Å²) in [4.78, 5) is 24.6. The summed E-state index contributed by atoms with van der Waals surface area (Å²) in [6, 6.07) is 9.17. The Morgan fingerprint density at radius 1 is 1.19 bits per heavy atom. The second-order valence-corrected chi connectivity index (χ2v) is 8.43. The minimum atomic E-state index is -3.55. The van der Waals surface area contributed by atoms with E-state index in [2.05, 4.69) is 15.8 Å². The first-order chi connectivity index (χ1) is 12.3. The molecule has 138 valence electrons. The number of amides is 2. The molecule has 0 saturated carbocycles. The first-order valence-electron chi connectivity index (χ1n) is 7.47. The summed E-state index contributed by atoms with van der Waals surface area (Å²) in [6.07, 6.45) is 1.51. The molecule has 0 spiro atoms. The lowest BCUT2D eigenvalue weighted by atomic mass is 10.2. The molecule has 0 atom stereocenters. The quantitative estimate of drug-likeness (QED) is 0.537. The van der Waals surface area contributed by atoms with Crippen molar-refractivity contribution in [1.29, 1.82) is 0 Å². The maximum Gasteiger partial charge on any atom is 0.259 e. The molecule has 8 nitrogen and oxygen atoms in total. The number of hydrogen-bond acceptors (Lipinski definition) is 6. The molecule has 1 heterocycles. The molecule has 1 aromatic carbocycles. The predicted octanol–water partition coefficient (Wildman–Crippen LogP) is 0.879. The molecule has 0 aliphatic rings. The number of carbonyl (C=O) groups excluding carboxylic acids is 2. The molecular formula is C16H18N4O4S2. The molecule has 0 unspecified atom stereocenters. The second-order valence-electron chi connectivity index (χ2n) is 5.30. The lowest BCUT2D eigenvalue weighted by molar-refractivity contribution is -0.120. The molecule has 0 aliphatic heterocycles. The van der Waals surface area contributed by atoms with Crippen molar-refractivity contribution in [2.24, 2.45) is 5.10 Å². The van der Waals surface area contributed by atoms with E-state index in [-0.39, 0.29) is 17.0 Å². The minimum absolute atomic E-state index is 0.0831. The van der Waals surface area contributed by atoms with Crippen LogP contribution < -0.4 is 10.7 Å². The zero-order valence-corrected chi connectivity index (χ0v) is 15.8. The summed E-state index contributed by atoms with van der Waals surface area (Å²) in [5, 5.41) is 8.11. The van der Waals surface area contributed by atoms with Gasteiger partial charge >= 0.3 is 0 Å². The van der Waals surface area contributed by atoms with Crippen molar-refractivity contribution in [2.45, 2.75) is 4.90 Å². The first-order valence-corrected chi connectivity index (χ1v) is 9.79. The van der Waals surface area contributed by atoms with Gasteiger partial charge in [-0.05, 0) is 35.7 Å². The fourth-order valence-corrected chi connectivity index (χ4v) is 3.31. The van der Waals surface area contributed by atoms with Crippen LogP contribution in [0.15, 0.2) is 51.8 Å². The van der Waals surface area contributed by atoms with Crippen LogP contribution in [-0.4, -0.2) is 51.4 Å². The zero-order chi connectivity index (χ0) is 19.2. The third kappa shape index (κ3) is 5.22. The maximum absolute atomic E-state index is 12.0. The van der Waals surface area contributed by atoms with Gasteiger partial charge in [-0.15, -0.1) is 11.3 Å². The average Bonchev–Trinajstić information content (AvgIpc) is 3.13. The number of thiophene rings is 1. The van der Waals surface area contributed by atoms with Crippen LogP contribution in [-0.2, 0) is 14.8 Å². The van der Waals surface area contributed by atoms with Crippen LogP contribution in [0.5, 0.6) is 0 Å². The number of nitrogens with one attached hydrogen (secondary N) is 2. The molecular weight excluding hydrogens is 376 g/mol. The highest BCUT2D eigenvalue weighted by Crippen LogP contribution is 2.13. The van der Waals surface area contributed by atoms with E-state index >= 15 is 0 Å². The third-order valence-electron chi connectivity index (χ3n) is 3.23. The summed E-state index contributed by atoms with van der Waals surface area (Å²) in [7, 11) is -0.699. The Labute approximate surface area is 155 Å². The van der Waals surface area contributed by atoms with Gasteiger partial charge in [0.1, 0.15) is 0 Å². The normalized spacial score (nSPS) is 11.7. The summed E-state index contributed by atoms with van der Waals surface area (Å²) >= 11 is 1.48. The number of benzene rings is 1. The molecule has 2 N–H and O–H groups in total. The highest BCUT2D eigenvalue weighted by Gasteiger charge is 2.17. The van der Waals surface area contributed by atoms with Gasteiger partial charge in [0.05, 0.1) is 17.7 Å². The maximum atomic E-state index is 12.0. The van der Waals surface area contributed by atoms with E-state index in [1.807, 2.05) is 17.5 Å². The van der Waals surface area contributed by atoms with E-state index in [1.54, 1.807) is 0 Å². The van der Waals surface area contributed by atoms with Gasteiger partial charge in [0.2, 0.25) is 10.0 Å². The van der Waals surface area contributed by atoms with Crippen molar-refractivity contribution in [3.8, 4) is 0 Å². The number of hydrogen-bond donors (Lipinski definition) is 2. The highest BCUT2D eigenvalue weighted by molar-refractivity contribution is 7.89. The Hall–Kier alpha value is -2.56. The van der Waals surface area contributed by atoms with Gasteiger partial charge in [0.15, 0.2) is 0 Å². The molecule has 0 fully saturated rings. The molecule has 0 bridgehead atoms. The van der Waals surface area contributed by atoms with Gasteiger partial charge in [0.25, 0.3) is 11.8 Å². The molecule has 2 amide bonds. The monoisotopic (exact) mass is 394 g/mol. The van der Waals surface area contributed by atoms with E-state index in [0.29, 0.717) is 0 Å². The average molecular weight is 394 g/mol. The van der Waals surface area contributed by atoms with Gasteiger partial charge in [0, 0.05) is 24.5 Å². The standard InChI is InChI=1S/C16H18N4O4S2/c1-20(2)26(23,24)14-7-5-12(6-8-14)16(22)17-11-15(21)19-18-10-13-4-3-9-25-13/h3-10H,11H2,1-2H3,(H,17,22)(H,19,21)/b18-10-. The number of sulfonamides is 1. The van der Waals surface area contributed by atoms with Crippen molar-refractivity contribution < 1.29 is 18.0 Å². The van der Waals surface area contributed by atoms with Gasteiger partial charge < -0.3 is 5.32 Å². The van der Waals surface area contributed by atoms with Crippen molar-refractivity contribution in [3.05, 3.63) is 52.2 Å². The van der Waals surface area contributed by atoms with Crippen LogP contribution in [0.1, 0.15) is 15.2 Å². The predicted molar refractivity (Wildman–Crippen MR) is 99.7 cm³/mol. The molecule has 0 radical (unpaired) electrons. The van der Waals surface area contributed by atoms with Crippen molar-refractivity contribution in [3.63, 3.8) is 0 Å². The zero-order valence-electron chi connectivity index (χ0n) is 14.2. The lowest BCUT2D eigenvalue weighted by Gasteiger charge is -2.11. The molecule has 2 rings (SSSR count). The lowest BCUT2D eigenvalue weighted by Crippen LogP contribution is -2.34. The van der Waals surface area contributed by atoms with Crippen LogP contribution in [0.2, 0.25) is 0 Å². The Morgan fingerprint density at radius 3 is 2.46 bits per heavy atom. The van der Waals surface area contributed by atoms with Gasteiger partial charge in [-0.25, -0.2) is 18.1 Å². The minimum Gasteiger partial charge on any atom is -0.343 e. The van der Waals surface area contributed by atoms with Gasteiger partial charge in [-0.1, -0.05) is 6.07 Å². The summed E-state index contributed by atoms with van der Waals surface area (Å²) in [6.45, 7) is -0.252. The van der Waals surface area contributed by atoms with E-state index in [0.717, 1.165) is 9.18 Å². The van der Waals surface area contributed by atoms with Crippen LogP contribution in [0.4, 0.5) is 0 Å². The fourth-order valence-electron chi connectivity index (χ4n) is 1.82. The smallest absolute Gasteiger partial charge is 0.259 e. The van der Waals surface area contributed by atoms with Crippen LogP contribution in [0.3, 0.4) is 0 Å². The number of carbonyl (C=O) groups is 2. The van der Waals surface area contributed by atoms with Crippen molar-refractivity contribution in [2.75, 3.05) is 20.6 Å². The topological polar surface area (TPSA) is 108 Å². The first kappa shape index (κ1) is 19.8. The summed E-state index contributed by atoms with van der Waals surface area (Å²) < 4.78 is 25.0. The van der Waals surface area contributed by atoms with E-state index in [4.69, 9.17) is 0 Å². The number of nitrogens with zero attached hydrogens (tertiary/aromatic N) is 2. The number of hydrazone groups is 1. The fraction of sp³-hybridized carbons (Fsp3) is 0.188. The Balaban J connectivity index is 1.86. The Morgan fingerprint density at radius 2 is 1.88 bits per heavy atom. The molecule has 1 aromatic heterocycles. The summed E-state index contributed by atoms with van der Waals surface area (Å²) in [5.41, 5.74) is 2.55. The Kier molecular flexibility index (Phi) is 6.61. The SMILES string of the molecule is CN(C)S(=O)(=O)c1ccc(C(=O)NCC(=O)N/N=C\c2cccs2)cc1. The van der Waals surface area contributed by atoms with Crippen molar-refractivity contribution in [1.82, 2.24) is 15.0 Å².